The second-order valence-corrected chi connectivity index (χ2v) is 2.79. The Bertz CT molecular complexity index is 385. The number of aliphatic imine (C=N–C) groups is 1. The van der Waals surface area contributed by atoms with E-state index in [0.29, 0.717) is 12.1 Å². The summed E-state index contributed by atoms with van der Waals surface area (Å²) in [5, 5.41) is 11.7. The molecule has 4 heteroatoms. The third-order valence-electron chi connectivity index (χ3n) is 1.93. The maximum Gasteiger partial charge on any atom is 0.335 e. The topological polar surface area (TPSA) is 61.7 Å². The Morgan fingerprint density at radius 3 is 3.15 bits per heavy atom. The van der Waals surface area contributed by atoms with Crippen LogP contribution in [0.25, 0.3) is 0 Å². The second-order valence-electron chi connectivity index (χ2n) is 2.79. The fourth-order valence-electron chi connectivity index (χ4n) is 1.26. The zero-order valence-electron chi connectivity index (χ0n) is 6.82. The summed E-state index contributed by atoms with van der Waals surface area (Å²) in [6.07, 6.45) is 1.61. The molecule has 0 saturated heterocycles. The average molecular weight is 176 g/mol. The third kappa shape index (κ3) is 1.38. The Kier molecular flexibility index (Phi) is 1.73. The molecule has 0 spiro atoms. The number of carboxylic acids is 1. The predicted octanol–water partition coefficient (Wildman–Crippen LogP) is 1.34. The minimum Gasteiger partial charge on any atom is -0.478 e. The lowest BCUT2D eigenvalue weighted by molar-refractivity contribution is 0.0697. The van der Waals surface area contributed by atoms with Gasteiger partial charge in [0.2, 0.25) is 0 Å². The van der Waals surface area contributed by atoms with Crippen LogP contribution in [0.15, 0.2) is 23.2 Å². The number of nitrogens with zero attached hydrogens (tertiary/aromatic N) is 1. The van der Waals surface area contributed by atoms with Crippen molar-refractivity contribution in [3.8, 4) is 0 Å². The maximum atomic E-state index is 10.6. The lowest BCUT2D eigenvalue weighted by atomic mass is 10.1. The number of hydrogen-bond acceptors (Lipinski definition) is 3. The highest BCUT2D eigenvalue weighted by atomic mass is 16.4. The molecule has 0 radical (unpaired) electrons. The van der Waals surface area contributed by atoms with Gasteiger partial charge >= 0.3 is 5.97 Å². The number of rotatable bonds is 1. The van der Waals surface area contributed by atoms with Gasteiger partial charge in [-0.25, -0.2) is 4.79 Å². The Morgan fingerprint density at radius 1 is 1.54 bits per heavy atom. The smallest absolute Gasteiger partial charge is 0.335 e. The van der Waals surface area contributed by atoms with Gasteiger partial charge in [-0.1, -0.05) is 0 Å². The largest absolute Gasteiger partial charge is 0.478 e. The van der Waals surface area contributed by atoms with Crippen LogP contribution in [-0.4, -0.2) is 17.4 Å². The van der Waals surface area contributed by atoms with Crippen LogP contribution in [0.3, 0.4) is 0 Å². The first-order chi connectivity index (χ1) is 6.27. The molecule has 1 aromatic rings. The van der Waals surface area contributed by atoms with E-state index in [1.54, 1.807) is 24.5 Å². The maximum absolute atomic E-state index is 10.6. The number of fused-ring (bicyclic) bond motifs is 1. The summed E-state index contributed by atoms with van der Waals surface area (Å²) in [6, 6.07) is 4.97. The molecule has 1 heterocycles. The molecule has 2 N–H and O–H groups in total. The van der Waals surface area contributed by atoms with Crippen LogP contribution in [0.4, 0.5) is 5.69 Å². The van der Waals surface area contributed by atoms with Gasteiger partial charge < -0.3 is 10.4 Å². The first-order valence-electron chi connectivity index (χ1n) is 3.88. The molecule has 13 heavy (non-hydrogen) atoms. The lowest BCUT2D eigenvalue weighted by Gasteiger charge is -2.11. The van der Waals surface area contributed by atoms with Crippen LogP contribution in [-0.2, 0) is 6.54 Å². The van der Waals surface area contributed by atoms with Gasteiger partial charge in [0, 0.05) is 5.69 Å². The van der Waals surface area contributed by atoms with E-state index in [2.05, 4.69) is 10.3 Å². The Morgan fingerprint density at radius 2 is 2.38 bits per heavy atom. The van der Waals surface area contributed by atoms with Crippen molar-refractivity contribution in [3.05, 3.63) is 29.3 Å². The van der Waals surface area contributed by atoms with Crippen molar-refractivity contribution < 1.29 is 9.90 Å². The number of benzene rings is 1. The molecule has 0 bridgehead atoms. The zero-order valence-corrected chi connectivity index (χ0v) is 6.82. The van der Waals surface area contributed by atoms with Crippen LogP contribution in [0, 0.1) is 0 Å². The van der Waals surface area contributed by atoms with Crippen molar-refractivity contribution in [1.82, 2.24) is 0 Å². The Balaban J connectivity index is 2.44. The van der Waals surface area contributed by atoms with E-state index in [1.165, 1.54) is 0 Å². The van der Waals surface area contributed by atoms with E-state index in [0.717, 1.165) is 11.3 Å². The highest BCUT2D eigenvalue weighted by Gasteiger charge is 2.09. The Hall–Kier alpha value is -1.84. The van der Waals surface area contributed by atoms with Crippen molar-refractivity contribution in [3.63, 3.8) is 0 Å². The molecule has 66 valence electrons. The monoisotopic (exact) mass is 176 g/mol. The minimum absolute atomic E-state index is 0.303. The molecule has 1 aromatic carbocycles. The lowest BCUT2D eigenvalue weighted by Crippen LogP contribution is -2.06. The van der Waals surface area contributed by atoms with Gasteiger partial charge in [-0.05, 0) is 23.8 Å². The molecule has 0 saturated carbocycles. The second kappa shape index (κ2) is 2.90. The normalized spacial score (nSPS) is 13.2. The number of nitrogens with one attached hydrogen (secondary N) is 1. The number of hydrogen-bond donors (Lipinski definition) is 2. The van der Waals surface area contributed by atoms with E-state index >= 15 is 0 Å². The summed E-state index contributed by atoms with van der Waals surface area (Å²) in [5.74, 6) is -0.905. The first-order valence-corrected chi connectivity index (χ1v) is 3.88. The Labute approximate surface area is 74.9 Å². The standard InChI is InChI=1S/C9H8N2O2/c12-9(13)6-1-2-8-7(3-6)4-10-5-11-8/h1-3,5H,4H2,(H,10,11)(H,12,13). The van der Waals surface area contributed by atoms with Gasteiger partial charge in [-0.2, -0.15) is 0 Å². The highest BCUT2D eigenvalue weighted by Crippen LogP contribution is 2.20. The molecule has 4 nitrogen and oxygen atoms in total. The molecule has 0 fully saturated rings. The van der Waals surface area contributed by atoms with Gasteiger partial charge in [-0.15, -0.1) is 0 Å². The number of anilines is 1. The SMILES string of the molecule is O=C(O)c1ccc2c(c1)CN=CN2. The molecular weight excluding hydrogens is 168 g/mol. The fourth-order valence-corrected chi connectivity index (χ4v) is 1.26. The van der Waals surface area contributed by atoms with Crippen LogP contribution >= 0.6 is 0 Å². The van der Waals surface area contributed by atoms with Crippen molar-refractivity contribution in [1.29, 1.82) is 0 Å². The van der Waals surface area contributed by atoms with Crippen molar-refractivity contribution in [2.45, 2.75) is 6.54 Å². The van der Waals surface area contributed by atoms with E-state index in [1.807, 2.05) is 0 Å². The summed E-state index contributed by atoms with van der Waals surface area (Å²) in [6.45, 7) is 0.545. The van der Waals surface area contributed by atoms with Gasteiger partial charge in [0.15, 0.2) is 0 Å². The molecular formula is C9H8N2O2. The third-order valence-corrected chi connectivity index (χ3v) is 1.93. The zero-order chi connectivity index (χ0) is 9.26. The van der Waals surface area contributed by atoms with Gasteiger partial charge in [0.05, 0.1) is 18.4 Å². The quantitative estimate of drug-likeness (QED) is 0.678. The highest BCUT2D eigenvalue weighted by molar-refractivity contribution is 5.90. The van der Waals surface area contributed by atoms with E-state index in [4.69, 9.17) is 5.11 Å². The van der Waals surface area contributed by atoms with E-state index in [-0.39, 0.29) is 0 Å². The number of carboxylic acid groups (broad SMARTS) is 1. The molecule has 0 atom stereocenters. The van der Waals surface area contributed by atoms with Crippen LogP contribution in [0.1, 0.15) is 15.9 Å². The van der Waals surface area contributed by atoms with Gasteiger partial charge in [0.25, 0.3) is 0 Å². The minimum atomic E-state index is -0.905. The van der Waals surface area contributed by atoms with E-state index < -0.39 is 5.97 Å². The number of carbonyl (C=O) groups is 1. The molecule has 0 amide bonds. The van der Waals surface area contributed by atoms with Crippen LogP contribution < -0.4 is 5.32 Å². The van der Waals surface area contributed by atoms with E-state index in [9.17, 15) is 4.79 Å². The summed E-state index contributed by atoms with van der Waals surface area (Å²) < 4.78 is 0. The average Bonchev–Trinajstić information content (AvgIpc) is 2.17. The molecule has 0 aromatic heterocycles. The molecule has 2 rings (SSSR count). The molecule has 0 aliphatic carbocycles. The van der Waals surface area contributed by atoms with Crippen molar-refractivity contribution in [2.75, 3.05) is 5.32 Å². The summed E-state index contributed by atoms with van der Waals surface area (Å²) in [5.41, 5.74) is 2.15. The summed E-state index contributed by atoms with van der Waals surface area (Å²) in [4.78, 5) is 14.6. The number of aromatic carboxylic acids is 1. The van der Waals surface area contributed by atoms with Crippen LogP contribution in [0.5, 0.6) is 0 Å². The molecule has 1 aliphatic heterocycles. The van der Waals surface area contributed by atoms with Crippen LogP contribution in [0.2, 0.25) is 0 Å². The molecule has 0 unspecified atom stereocenters. The summed E-state index contributed by atoms with van der Waals surface area (Å²) >= 11 is 0. The fraction of sp³-hybridized carbons (Fsp3) is 0.111. The van der Waals surface area contributed by atoms with Gasteiger partial charge in [0.1, 0.15) is 0 Å². The van der Waals surface area contributed by atoms with Crippen molar-refractivity contribution >= 4 is 18.0 Å². The van der Waals surface area contributed by atoms with Crippen molar-refractivity contribution in [2.24, 2.45) is 4.99 Å². The first kappa shape index (κ1) is 7.79. The predicted molar refractivity (Wildman–Crippen MR) is 49.2 cm³/mol. The van der Waals surface area contributed by atoms with Gasteiger partial charge in [-0.3, -0.25) is 4.99 Å². The molecule has 1 aliphatic rings. The summed E-state index contributed by atoms with van der Waals surface area (Å²) in [7, 11) is 0.